The first-order valence-electron chi connectivity index (χ1n) is 4.42. The molecule has 0 spiro atoms. The Balaban J connectivity index is 2.56. The van der Waals surface area contributed by atoms with Crippen molar-refractivity contribution in [1.29, 1.82) is 0 Å². The number of anilines is 2. The van der Waals surface area contributed by atoms with Gasteiger partial charge in [0.1, 0.15) is 0 Å². The minimum Gasteiger partial charge on any atom is -0.359 e. The van der Waals surface area contributed by atoms with Crippen molar-refractivity contribution < 1.29 is 29.1 Å². The van der Waals surface area contributed by atoms with Crippen LogP contribution in [0, 0.1) is 30.6 Å². The monoisotopic (exact) mass is 290 g/mol. The Morgan fingerprint density at radius 3 is 1.55 bits per heavy atom. The predicted octanol–water partition coefficient (Wildman–Crippen LogP) is -2.20. The molecule has 0 radical (unpaired) electrons. The van der Waals surface area contributed by atoms with Crippen molar-refractivity contribution in [3.8, 4) is 11.4 Å². The van der Waals surface area contributed by atoms with Crippen molar-refractivity contribution in [1.82, 2.24) is 10.3 Å². The van der Waals surface area contributed by atoms with Crippen LogP contribution in [-0.4, -0.2) is 20.4 Å². The van der Waals surface area contributed by atoms with E-state index in [-0.39, 0.29) is 0 Å². The standard InChI is InChI=1S/C4H2N8O8/c13-9-1(3(7-19-9)5-11(15)16)2-4(6-12(17)18)8-20-10(2)14/h(H,5,7)(H,6,8). The molecule has 16 nitrogen and oxygen atoms in total. The van der Waals surface area contributed by atoms with Gasteiger partial charge in [-0.25, -0.2) is 20.2 Å². The predicted molar refractivity (Wildman–Crippen MR) is 51.2 cm³/mol. The highest BCUT2D eigenvalue weighted by Crippen LogP contribution is 2.25. The first kappa shape index (κ1) is 12.7. The quantitative estimate of drug-likeness (QED) is 0.340. The maximum Gasteiger partial charge on any atom is 0.377 e. The van der Waals surface area contributed by atoms with Crippen LogP contribution in [0.15, 0.2) is 9.26 Å². The van der Waals surface area contributed by atoms with Gasteiger partial charge in [-0.1, -0.05) is 10.9 Å². The van der Waals surface area contributed by atoms with Crippen LogP contribution in [0.4, 0.5) is 11.6 Å². The van der Waals surface area contributed by atoms with E-state index in [0.29, 0.717) is 0 Å². The molecule has 0 aliphatic heterocycles. The third-order valence-electron chi connectivity index (χ3n) is 1.84. The molecule has 2 N–H and O–H groups in total. The zero-order valence-electron chi connectivity index (χ0n) is 8.95. The van der Waals surface area contributed by atoms with Gasteiger partial charge in [0, 0.05) is 0 Å². The van der Waals surface area contributed by atoms with Gasteiger partial charge < -0.3 is 10.4 Å². The van der Waals surface area contributed by atoms with Gasteiger partial charge >= 0.3 is 23.0 Å². The van der Waals surface area contributed by atoms with Crippen LogP contribution in [0.3, 0.4) is 0 Å². The molecule has 2 heterocycles. The normalized spacial score (nSPS) is 10.2. The number of aromatic nitrogens is 4. The van der Waals surface area contributed by atoms with E-state index < -0.39 is 42.9 Å². The van der Waals surface area contributed by atoms with Crippen molar-refractivity contribution in [2.24, 2.45) is 0 Å². The zero-order valence-corrected chi connectivity index (χ0v) is 8.95. The molecule has 0 aliphatic carbocycles. The van der Waals surface area contributed by atoms with Crippen LogP contribution in [0.1, 0.15) is 0 Å². The summed E-state index contributed by atoms with van der Waals surface area (Å²) in [4.78, 5) is 19.8. The zero-order chi connectivity index (χ0) is 14.9. The van der Waals surface area contributed by atoms with Crippen LogP contribution in [0.25, 0.3) is 11.4 Å². The fourth-order valence-corrected chi connectivity index (χ4v) is 1.21. The minimum atomic E-state index is -1.09. The van der Waals surface area contributed by atoms with Gasteiger partial charge in [-0.15, -0.1) is 0 Å². The molecule has 0 saturated carbocycles. The lowest BCUT2D eigenvalue weighted by molar-refractivity contribution is -0.817. The van der Waals surface area contributed by atoms with Gasteiger partial charge in [-0.2, -0.15) is 0 Å². The van der Waals surface area contributed by atoms with Crippen LogP contribution >= 0.6 is 0 Å². The van der Waals surface area contributed by atoms with Crippen LogP contribution < -0.4 is 20.7 Å². The van der Waals surface area contributed by atoms with Crippen molar-refractivity contribution in [3.05, 3.63) is 30.6 Å². The van der Waals surface area contributed by atoms with Crippen molar-refractivity contribution in [2.45, 2.75) is 0 Å². The Morgan fingerprint density at radius 1 is 0.900 bits per heavy atom. The van der Waals surface area contributed by atoms with E-state index >= 15 is 0 Å². The maximum absolute atomic E-state index is 11.3. The summed E-state index contributed by atoms with van der Waals surface area (Å²) in [5.74, 6) is -1.55. The Labute approximate surface area is 105 Å². The molecule has 2 rings (SSSR count). The summed E-state index contributed by atoms with van der Waals surface area (Å²) in [7, 11) is 0. The average Bonchev–Trinajstić information content (AvgIpc) is 2.83. The summed E-state index contributed by atoms with van der Waals surface area (Å²) < 4.78 is 8.12. The van der Waals surface area contributed by atoms with Crippen LogP contribution in [0.5, 0.6) is 0 Å². The number of nitrogens with one attached hydrogen (secondary N) is 2. The summed E-state index contributed by atoms with van der Waals surface area (Å²) in [5, 5.41) is 47.0. The Bertz CT molecular complexity index is 616. The van der Waals surface area contributed by atoms with Gasteiger partial charge in [0.2, 0.25) is 0 Å². The minimum absolute atomic E-state index is 0.391. The Hall–Kier alpha value is -3.72. The second kappa shape index (κ2) is 4.51. The van der Waals surface area contributed by atoms with Crippen LogP contribution in [0.2, 0.25) is 0 Å². The van der Waals surface area contributed by atoms with E-state index in [1.807, 2.05) is 0 Å². The summed E-state index contributed by atoms with van der Waals surface area (Å²) in [6.07, 6.45) is 0. The fraction of sp³-hybridized carbons (Fsp3) is 0. The molecule has 0 bridgehead atoms. The number of nitro groups is 2. The molecule has 0 fully saturated rings. The topological polar surface area (TPSA) is 216 Å². The third-order valence-corrected chi connectivity index (χ3v) is 1.84. The van der Waals surface area contributed by atoms with Gasteiger partial charge in [-0.3, -0.25) is 9.26 Å². The van der Waals surface area contributed by atoms with E-state index in [4.69, 9.17) is 0 Å². The van der Waals surface area contributed by atoms with Gasteiger partial charge in [-0.05, 0) is 9.81 Å². The van der Waals surface area contributed by atoms with E-state index in [1.54, 1.807) is 0 Å². The lowest BCUT2D eigenvalue weighted by Crippen LogP contribution is -2.34. The molecular formula is C4H2N8O8. The second-order valence-electron chi connectivity index (χ2n) is 2.99. The summed E-state index contributed by atoms with van der Waals surface area (Å²) in [6, 6.07) is 0. The SMILES string of the molecule is O=[N+]([O-])Nc1no[n+]([O-])c1-c1c(N[N+](=O)[O-])no[n+]1[O-]. The van der Waals surface area contributed by atoms with Crippen LogP contribution in [-0.2, 0) is 0 Å². The number of nitrogens with zero attached hydrogens (tertiary/aromatic N) is 6. The highest BCUT2D eigenvalue weighted by atomic mass is 16.8. The summed E-state index contributed by atoms with van der Waals surface area (Å²) in [6.45, 7) is 0. The van der Waals surface area contributed by atoms with E-state index in [9.17, 15) is 30.6 Å². The Kier molecular flexibility index (Phi) is 2.87. The highest BCUT2D eigenvalue weighted by molar-refractivity contribution is 5.70. The van der Waals surface area contributed by atoms with E-state index in [2.05, 4.69) is 19.6 Å². The van der Waals surface area contributed by atoms with Gasteiger partial charge in [0.15, 0.2) is 10.1 Å². The molecule has 106 valence electrons. The first-order chi connectivity index (χ1) is 9.40. The number of hydrogen-bond acceptors (Lipinski definition) is 10. The highest BCUT2D eigenvalue weighted by Gasteiger charge is 2.38. The molecule has 20 heavy (non-hydrogen) atoms. The molecular weight excluding hydrogens is 288 g/mol. The third kappa shape index (κ3) is 2.14. The molecule has 2 aromatic rings. The molecule has 0 saturated heterocycles. The Morgan fingerprint density at radius 2 is 1.25 bits per heavy atom. The largest absolute Gasteiger partial charge is 0.377 e. The molecule has 0 unspecified atom stereocenters. The molecule has 0 amide bonds. The van der Waals surface area contributed by atoms with Crippen molar-refractivity contribution in [2.75, 3.05) is 10.9 Å². The summed E-state index contributed by atoms with van der Waals surface area (Å²) >= 11 is 0. The molecule has 0 aliphatic rings. The van der Waals surface area contributed by atoms with E-state index in [0.717, 1.165) is 0 Å². The lowest BCUT2D eigenvalue weighted by Gasteiger charge is -1.94. The second-order valence-corrected chi connectivity index (χ2v) is 2.99. The van der Waals surface area contributed by atoms with Crippen molar-refractivity contribution >= 4 is 11.6 Å². The average molecular weight is 290 g/mol. The van der Waals surface area contributed by atoms with E-state index in [1.165, 1.54) is 10.9 Å². The number of hydrogen-bond donors (Lipinski definition) is 2. The molecule has 2 aromatic heterocycles. The first-order valence-corrected chi connectivity index (χ1v) is 4.42. The lowest BCUT2D eigenvalue weighted by atomic mass is 10.3. The van der Waals surface area contributed by atoms with Gasteiger partial charge in [0.05, 0.1) is 10.3 Å². The number of hydrazine groups is 2. The number of rotatable bonds is 5. The summed E-state index contributed by atoms with van der Waals surface area (Å²) in [5.41, 5.74) is 1.27. The smallest absolute Gasteiger partial charge is 0.359 e. The molecule has 0 aromatic carbocycles. The maximum atomic E-state index is 11.3. The molecule has 0 atom stereocenters. The molecule has 16 heteroatoms. The fourth-order valence-electron chi connectivity index (χ4n) is 1.21. The van der Waals surface area contributed by atoms with Crippen molar-refractivity contribution in [3.63, 3.8) is 0 Å². The van der Waals surface area contributed by atoms with Gasteiger partial charge in [0.25, 0.3) is 0 Å².